The van der Waals surface area contributed by atoms with E-state index < -0.39 is 10.0 Å². The molecular weight excluding hydrogens is 306 g/mol. The summed E-state index contributed by atoms with van der Waals surface area (Å²) in [6.07, 6.45) is 2.86. The Kier molecular flexibility index (Phi) is 4.01. The minimum Gasteiger partial charge on any atom is -0.317 e. The van der Waals surface area contributed by atoms with E-state index in [1.807, 2.05) is 0 Å². The van der Waals surface area contributed by atoms with E-state index in [-0.39, 0.29) is 5.25 Å². The molecule has 0 aromatic carbocycles. The van der Waals surface area contributed by atoms with Crippen LogP contribution in [0.4, 0.5) is 5.82 Å². The molecule has 1 aliphatic rings. The first-order valence-corrected chi connectivity index (χ1v) is 7.76. The van der Waals surface area contributed by atoms with Crippen LogP contribution in [-0.2, 0) is 10.0 Å². The first kappa shape index (κ1) is 12.8. The number of hydrogen-bond acceptors (Lipinski definition) is 4. The van der Waals surface area contributed by atoms with Crippen molar-refractivity contribution in [2.24, 2.45) is 0 Å². The molecule has 0 unspecified atom stereocenters. The number of sulfonamides is 1. The minimum absolute atomic E-state index is 0.325. The van der Waals surface area contributed by atoms with Gasteiger partial charge in [0.1, 0.15) is 5.82 Å². The molecule has 1 saturated heterocycles. The molecule has 7 heteroatoms. The lowest BCUT2D eigenvalue weighted by Gasteiger charge is -2.22. The smallest absolute Gasteiger partial charge is 0.236 e. The highest BCUT2D eigenvalue weighted by molar-refractivity contribution is 9.10. The van der Waals surface area contributed by atoms with Crippen molar-refractivity contribution in [3.63, 3.8) is 0 Å². The molecule has 2 N–H and O–H groups in total. The summed E-state index contributed by atoms with van der Waals surface area (Å²) >= 11 is 3.25. The molecule has 1 aliphatic heterocycles. The Morgan fingerprint density at radius 2 is 2.06 bits per heavy atom. The number of anilines is 1. The van der Waals surface area contributed by atoms with Gasteiger partial charge in [-0.15, -0.1) is 0 Å². The zero-order chi connectivity index (χ0) is 12.3. The van der Waals surface area contributed by atoms with Crippen LogP contribution in [-0.4, -0.2) is 31.7 Å². The lowest BCUT2D eigenvalue weighted by atomic mass is 10.2. The predicted octanol–water partition coefficient (Wildman–Crippen LogP) is 1.34. The van der Waals surface area contributed by atoms with Crippen molar-refractivity contribution < 1.29 is 8.42 Å². The van der Waals surface area contributed by atoms with E-state index in [9.17, 15) is 8.42 Å². The number of nitrogens with zero attached hydrogens (tertiary/aromatic N) is 1. The van der Waals surface area contributed by atoms with Gasteiger partial charge < -0.3 is 5.32 Å². The van der Waals surface area contributed by atoms with Gasteiger partial charge in [-0.3, -0.25) is 4.72 Å². The maximum absolute atomic E-state index is 12.0. The van der Waals surface area contributed by atoms with Crippen molar-refractivity contribution >= 4 is 31.8 Å². The molecule has 1 fully saturated rings. The maximum atomic E-state index is 12.0. The fourth-order valence-corrected chi connectivity index (χ4v) is 3.44. The van der Waals surface area contributed by atoms with Crippen molar-refractivity contribution in [3.05, 3.63) is 22.8 Å². The average Bonchev–Trinajstić information content (AvgIpc) is 2.33. The molecule has 0 radical (unpaired) electrons. The summed E-state index contributed by atoms with van der Waals surface area (Å²) in [5.41, 5.74) is 0. The quantitative estimate of drug-likeness (QED) is 0.882. The van der Waals surface area contributed by atoms with E-state index in [1.54, 1.807) is 18.3 Å². The van der Waals surface area contributed by atoms with Gasteiger partial charge in [-0.05, 0) is 54.0 Å². The topological polar surface area (TPSA) is 71.1 Å². The molecule has 0 spiro atoms. The van der Waals surface area contributed by atoms with E-state index in [2.05, 4.69) is 31.0 Å². The zero-order valence-corrected chi connectivity index (χ0v) is 11.6. The van der Waals surface area contributed by atoms with Crippen LogP contribution in [0.15, 0.2) is 22.8 Å². The van der Waals surface area contributed by atoms with Crippen molar-refractivity contribution in [2.45, 2.75) is 18.1 Å². The van der Waals surface area contributed by atoms with E-state index in [1.165, 1.54) is 0 Å². The number of halogens is 1. The highest BCUT2D eigenvalue weighted by atomic mass is 79.9. The molecule has 1 aromatic heterocycles. The minimum atomic E-state index is -3.32. The van der Waals surface area contributed by atoms with Gasteiger partial charge in [0.2, 0.25) is 10.0 Å². The molecule has 0 amide bonds. The molecule has 1 aromatic rings. The van der Waals surface area contributed by atoms with Crippen molar-refractivity contribution in [3.8, 4) is 0 Å². The van der Waals surface area contributed by atoms with Gasteiger partial charge in [-0.1, -0.05) is 0 Å². The Hall–Kier alpha value is -0.660. The largest absolute Gasteiger partial charge is 0.317 e. The van der Waals surface area contributed by atoms with Crippen LogP contribution in [0.1, 0.15) is 12.8 Å². The van der Waals surface area contributed by atoms with Crippen LogP contribution in [0.2, 0.25) is 0 Å². The van der Waals surface area contributed by atoms with Gasteiger partial charge in [-0.2, -0.15) is 0 Å². The van der Waals surface area contributed by atoms with Crippen LogP contribution in [0.25, 0.3) is 0 Å². The van der Waals surface area contributed by atoms with Gasteiger partial charge >= 0.3 is 0 Å². The molecule has 2 heterocycles. The van der Waals surface area contributed by atoms with Crippen LogP contribution in [0.3, 0.4) is 0 Å². The summed E-state index contributed by atoms with van der Waals surface area (Å²) < 4.78 is 27.4. The Morgan fingerprint density at radius 3 is 2.65 bits per heavy atom. The van der Waals surface area contributed by atoms with E-state index in [4.69, 9.17) is 0 Å². The van der Waals surface area contributed by atoms with E-state index in [0.717, 1.165) is 17.6 Å². The molecule has 0 atom stereocenters. The van der Waals surface area contributed by atoms with Gasteiger partial charge in [0.05, 0.1) is 5.25 Å². The molecule has 0 saturated carbocycles. The number of aromatic nitrogens is 1. The lowest BCUT2D eigenvalue weighted by Crippen LogP contribution is -2.38. The standard InChI is InChI=1S/C10H14BrN3O2S/c11-8-1-2-10(13-7-8)14-17(15,16)9-3-5-12-6-4-9/h1-2,7,9,12H,3-6H2,(H,13,14). The van der Waals surface area contributed by atoms with E-state index >= 15 is 0 Å². The van der Waals surface area contributed by atoms with Crippen molar-refractivity contribution in [2.75, 3.05) is 17.8 Å². The van der Waals surface area contributed by atoms with Gasteiger partial charge in [0.15, 0.2) is 0 Å². The molecule has 17 heavy (non-hydrogen) atoms. The summed E-state index contributed by atoms with van der Waals surface area (Å²) in [7, 11) is -3.32. The van der Waals surface area contributed by atoms with E-state index in [0.29, 0.717) is 18.7 Å². The highest BCUT2D eigenvalue weighted by Crippen LogP contribution is 2.17. The monoisotopic (exact) mass is 319 g/mol. The van der Waals surface area contributed by atoms with Crippen LogP contribution < -0.4 is 10.0 Å². The Morgan fingerprint density at radius 1 is 1.35 bits per heavy atom. The second kappa shape index (κ2) is 5.32. The summed E-state index contributed by atoms with van der Waals surface area (Å²) in [4.78, 5) is 4.01. The van der Waals surface area contributed by atoms with Crippen molar-refractivity contribution in [1.82, 2.24) is 10.3 Å². The second-order valence-corrected chi connectivity index (χ2v) is 6.83. The van der Waals surface area contributed by atoms with Crippen LogP contribution in [0, 0.1) is 0 Å². The fourth-order valence-electron chi connectivity index (χ4n) is 1.77. The maximum Gasteiger partial charge on any atom is 0.236 e. The number of hydrogen-bond donors (Lipinski definition) is 2. The number of nitrogens with one attached hydrogen (secondary N) is 2. The Labute approximate surface area is 109 Å². The van der Waals surface area contributed by atoms with Gasteiger partial charge in [0, 0.05) is 10.7 Å². The Balaban J connectivity index is 2.08. The average molecular weight is 320 g/mol. The first-order chi connectivity index (χ1) is 8.08. The normalized spacial score (nSPS) is 17.9. The molecule has 5 nitrogen and oxygen atoms in total. The first-order valence-electron chi connectivity index (χ1n) is 5.42. The van der Waals surface area contributed by atoms with Gasteiger partial charge in [-0.25, -0.2) is 13.4 Å². The summed E-state index contributed by atoms with van der Waals surface area (Å²) in [6, 6.07) is 3.40. The molecule has 94 valence electrons. The second-order valence-electron chi connectivity index (χ2n) is 3.96. The summed E-state index contributed by atoms with van der Waals surface area (Å²) in [6.45, 7) is 1.50. The number of pyridine rings is 1. The predicted molar refractivity (Wildman–Crippen MR) is 70.4 cm³/mol. The summed E-state index contributed by atoms with van der Waals surface area (Å²) in [5, 5.41) is 2.82. The zero-order valence-electron chi connectivity index (χ0n) is 9.19. The molecular formula is C10H14BrN3O2S. The SMILES string of the molecule is O=S(=O)(Nc1ccc(Br)cn1)C1CCNCC1. The van der Waals surface area contributed by atoms with Gasteiger partial charge in [0.25, 0.3) is 0 Å². The fraction of sp³-hybridized carbons (Fsp3) is 0.500. The highest BCUT2D eigenvalue weighted by Gasteiger charge is 2.27. The lowest BCUT2D eigenvalue weighted by molar-refractivity contribution is 0.499. The number of rotatable bonds is 3. The van der Waals surface area contributed by atoms with Crippen LogP contribution in [0.5, 0.6) is 0 Å². The third-order valence-corrected chi connectivity index (χ3v) is 5.01. The third-order valence-electron chi connectivity index (χ3n) is 2.70. The van der Waals surface area contributed by atoms with Crippen molar-refractivity contribution in [1.29, 1.82) is 0 Å². The Bertz CT molecular complexity index is 469. The third kappa shape index (κ3) is 3.40. The molecule has 0 aliphatic carbocycles. The summed E-state index contributed by atoms with van der Waals surface area (Å²) in [5.74, 6) is 0.367. The number of piperidine rings is 1. The van der Waals surface area contributed by atoms with Crippen LogP contribution >= 0.6 is 15.9 Å². The molecule has 0 bridgehead atoms. The molecule has 2 rings (SSSR count).